The van der Waals surface area contributed by atoms with Gasteiger partial charge in [0.25, 0.3) is 0 Å². The molecule has 4 rings (SSSR count). The summed E-state index contributed by atoms with van der Waals surface area (Å²) in [6.07, 6.45) is 0. The Labute approximate surface area is 220 Å². The lowest BCUT2D eigenvalue weighted by molar-refractivity contribution is 1.13. The van der Waals surface area contributed by atoms with Gasteiger partial charge in [-0.2, -0.15) is 5.10 Å². The lowest BCUT2D eigenvalue weighted by Gasteiger charge is -2.15. The summed E-state index contributed by atoms with van der Waals surface area (Å²) in [5.41, 5.74) is 10.3. The zero-order chi connectivity index (χ0) is 23.4. The number of hydrazone groups is 1. The topological polar surface area (TPSA) is 43.8 Å². The highest BCUT2D eigenvalue weighted by atomic mass is 79.9. The quantitative estimate of drug-likeness (QED) is 0.196. The number of benzene rings is 3. The normalized spacial score (nSPS) is 10.3. The molecule has 3 aromatic carbocycles. The second kappa shape index (κ2) is 11.5. The van der Waals surface area contributed by atoms with Gasteiger partial charge in [0.2, 0.25) is 5.13 Å². The van der Waals surface area contributed by atoms with E-state index >= 15 is 0 Å². The Hall–Kier alpha value is -2.87. The summed E-state index contributed by atoms with van der Waals surface area (Å²) in [6, 6.07) is 24.4. The number of aromatic nitrogens is 1. The van der Waals surface area contributed by atoms with Gasteiger partial charge in [-0.25, -0.2) is 4.98 Å². The first-order chi connectivity index (χ1) is 15.9. The van der Waals surface area contributed by atoms with Gasteiger partial charge in [0, 0.05) is 66.7 Å². The van der Waals surface area contributed by atoms with E-state index in [1.165, 1.54) is 11.3 Å². The molecule has 1 heterocycles. The summed E-state index contributed by atoms with van der Waals surface area (Å²) in [5.74, 6) is 0. The summed E-state index contributed by atoms with van der Waals surface area (Å²) < 4.78 is 0. The lowest BCUT2D eigenvalue weighted by atomic mass is 10.0. The molecule has 176 valence electrons. The maximum Gasteiger partial charge on any atom is 0.203 e. The van der Waals surface area contributed by atoms with Crippen LogP contribution >= 0.6 is 39.9 Å². The van der Waals surface area contributed by atoms with Crippen molar-refractivity contribution in [2.24, 2.45) is 5.10 Å². The number of thiazole rings is 1. The van der Waals surface area contributed by atoms with Crippen molar-refractivity contribution >= 4 is 62.1 Å². The van der Waals surface area contributed by atoms with Crippen molar-refractivity contribution in [1.29, 1.82) is 0 Å². The molecule has 8 heteroatoms. The van der Waals surface area contributed by atoms with Crippen molar-refractivity contribution in [3.63, 3.8) is 0 Å². The summed E-state index contributed by atoms with van der Waals surface area (Å²) in [6.45, 7) is 0. The zero-order valence-corrected chi connectivity index (χ0v) is 22.8. The second-order valence-electron chi connectivity index (χ2n) is 8.00. The summed E-state index contributed by atoms with van der Waals surface area (Å²) in [5, 5.41) is 8.22. The van der Waals surface area contributed by atoms with Gasteiger partial charge in [0.15, 0.2) is 0 Å². The van der Waals surface area contributed by atoms with E-state index in [4.69, 9.17) is 16.7 Å². The highest BCUT2D eigenvalue weighted by Crippen LogP contribution is 2.26. The van der Waals surface area contributed by atoms with Crippen molar-refractivity contribution < 1.29 is 0 Å². The highest BCUT2D eigenvalue weighted by molar-refractivity contribution is 8.93. The third-order valence-corrected chi connectivity index (χ3v) is 6.22. The third kappa shape index (κ3) is 6.17. The maximum absolute atomic E-state index is 6.01. The van der Waals surface area contributed by atoms with E-state index in [-0.39, 0.29) is 17.0 Å². The second-order valence-corrected chi connectivity index (χ2v) is 9.29. The average molecular weight is 557 g/mol. The fourth-order valence-electron chi connectivity index (χ4n) is 3.31. The molecule has 0 aliphatic carbocycles. The van der Waals surface area contributed by atoms with E-state index in [9.17, 15) is 0 Å². The first kappa shape index (κ1) is 25.7. The molecule has 1 N–H and O–H groups in total. The number of rotatable bonds is 7. The smallest absolute Gasteiger partial charge is 0.203 e. The number of nitrogens with zero attached hydrogens (tertiary/aromatic N) is 4. The van der Waals surface area contributed by atoms with Crippen LogP contribution in [0.1, 0.15) is 11.1 Å². The third-order valence-electron chi connectivity index (χ3n) is 5.22. The Balaban J connectivity index is 0.00000324. The van der Waals surface area contributed by atoms with Crippen molar-refractivity contribution in [2.75, 3.05) is 43.4 Å². The molecule has 0 unspecified atom stereocenters. The van der Waals surface area contributed by atoms with Crippen LogP contribution in [0.25, 0.3) is 11.3 Å². The summed E-state index contributed by atoms with van der Waals surface area (Å²) in [4.78, 5) is 8.85. The molecule has 0 aliphatic rings. The van der Waals surface area contributed by atoms with Gasteiger partial charge in [0.1, 0.15) is 0 Å². The summed E-state index contributed by atoms with van der Waals surface area (Å²) in [7, 11) is 8.14. The first-order valence-electron chi connectivity index (χ1n) is 10.5. The molecule has 0 bridgehead atoms. The molecule has 0 saturated carbocycles. The molecule has 0 radical (unpaired) electrons. The molecule has 1 aromatic heterocycles. The van der Waals surface area contributed by atoms with Crippen LogP contribution < -0.4 is 15.2 Å². The Kier molecular flexibility index (Phi) is 8.72. The van der Waals surface area contributed by atoms with Gasteiger partial charge in [0.05, 0.1) is 11.4 Å². The fraction of sp³-hybridized carbons (Fsp3) is 0.154. The zero-order valence-electron chi connectivity index (χ0n) is 19.5. The van der Waals surface area contributed by atoms with Gasteiger partial charge in [-0.1, -0.05) is 48.0 Å². The van der Waals surface area contributed by atoms with Crippen LogP contribution in [0, 0.1) is 0 Å². The van der Waals surface area contributed by atoms with Crippen LogP contribution in [0.5, 0.6) is 0 Å². The van der Waals surface area contributed by atoms with Gasteiger partial charge < -0.3 is 9.80 Å². The number of nitrogens with one attached hydrogen (secondary N) is 1. The van der Waals surface area contributed by atoms with Gasteiger partial charge in [-0.05, 0) is 36.4 Å². The fourth-order valence-corrected chi connectivity index (χ4v) is 4.10. The molecule has 5 nitrogen and oxygen atoms in total. The molecule has 0 spiro atoms. The minimum absolute atomic E-state index is 0. The number of anilines is 3. The van der Waals surface area contributed by atoms with Crippen molar-refractivity contribution in [3.05, 3.63) is 94.3 Å². The monoisotopic (exact) mass is 555 g/mol. The maximum atomic E-state index is 6.01. The predicted octanol–water partition coefficient (Wildman–Crippen LogP) is 7.04. The van der Waals surface area contributed by atoms with Crippen LogP contribution in [0.3, 0.4) is 0 Å². The van der Waals surface area contributed by atoms with E-state index in [1.54, 1.807) is 0 Å². The van der Waals surface area contributed by atoms with Gasteiger partial charge in [-0.15, -0.1) is 28.3 Å². The number of hydrogen-bond donors (Lipinski definition) is 1. The van der Waals surface area contributed by atoms with Gasteiger partial charge >= 0.3 is 0 Å². The Bertz CT molecular complexity index is 1180. The number of halogens is 2. The van der Waals surface area contributed by atoms with Crippen molar-refractivity contribution in [3.8, 4) is 11.3 Å². The van der Waals surface area contributed by atoms with Crippen LogP contribution in [0.2, 0.25) is 5.02 Å². The molecule has 34 heavy (non-hydrogen) atoms. The predicted molar refractivity (Wildman–Crippen MR) is 154 cm³/mol. The molecule has 4 aromatic rings. The van der Waals surface area contributed by atoms with Crippen LogP contribution in [-0.2, 0) is 0 Å². The molecule has 0 fully saturated rings. The minimum atomic E-state index is 0. The SMILES string of the molecule is Br.CN(C)c1ccc(C(=NNc2nc(-c3ccc(Cl)cc3)cs2)c2ccc(N(C)C)cc2)cc1. The Morgan fingerprint density at radius 1 is 0.794 bits per heavy atom. The largest absolute Gasteiger partial charge is 0.378 e. The van der Waals surface area contributed by atoms with Crippen molar-refractivity contribution in [1.82, 2.24) is 4.98 Å². The molecular weight excluding hydrogens is 530 g/mol. The Morgan fingerprint density at radius 3 is 1.76 bits per heavy atom. The Morgan fingerprint density at radius 2 is 1.29 bits per heavy atom. The van der Waals surface area contributed by atoms with Crippen molar-refractivity contribution in [2.45, 2.75) is 0 Å². The molecular formula is C26H27BrClN5S. The minimum Gasteiger partial charge on any atom is -0.378 e. The molecule has 0 amide bonds. The van der Waals surface area contributed by atoms with E-state index in [0.717, 1.165) is 44.6 Å². The first-order valence-corrected chi connectivity index (χ1v) is 11.8. The lowest BCUT2D eigenvalue weighted by Crippen LogP contribution is -2.11. The van der Waals surface area contributed by atoms with Crippen LogP contribution in [-0.4, -0.2) is 38.9 Å². The standard InChI is InChI=1S/C26H26ClN5S.BrH/c1-31(2)22-13-7-19(8-14-22)25(20-9-15-23(16-10-20)32(3)4)29-30-26-28-24(17-33-26)18-5-11-21(27)12-6-18;/h5-17H,1-4H3,(H,28,30);1H. The highest BCUT2D eigenvalue weighted by Gasteiger charge is 2.10. The van der Waals surface area contributed by atoms with E-state index in [1.807, 2.05) is 57.8 Å². The average Bonchev–Trinajstić information content (AvgIpc) is 3.29. The summed E-state index contributed by atoms with van der Waals surface area (Å²) >= 11 is 7.52. The van der Waals surface area contributed by atoms with E-state index < -0.39 is 0 Å². The molecule has 0 aliphatic heterocycles. The number of hydrogen-bond acceptors (Lipinski definition) is 6. The van der Waals surface area contributed by atoms with Crippen LogP contribution in [0.15, 0.2) is 83.3 Å². The van der Waals surface area contributed by atoms with Gasteiger partial charge in [-0.3, -0.25) is 5.43 Å². The van der Waals surface area contributed by atoms with Crippen LogP contribution in [0.4, 0.5) is 16.5 Å². The van der Waals surface area contributed by atoms with E-state index in [0.29, 0.717) is 5.02 Å². The molecule has 0 atom stereocenters. The van der Waals surface area contributed by atoms with E-state index in [2.05, 4.69) is 68.7 Å². The molecule has 0 saturated heterocycles.